The van der Waals surface area contributed by atoms with E-state index in [9.17, 15) is 0 Å². The molecule has 9 aromatic heterocycles. The van der Waals surface area contributed by atoms with E-state index < -0.39 is 0 Å². The first-order chi connectivity index (χ1) is 33.9. The minimum Gasteiger partial charge on any atom is -0.265 e. The van der Waals surface area contributed by atoms with Crippen LogP contribution in [-0.4, -0.2) is 70.2 Å². The van der Waals surface area contributed by atoms with E-state index in [1.807, 2.05) is 160 Å². The summed E-state index contributed by atoms with van der Waals surface area (Å²) in [7, 11) is 0. The largest absolute Gasteiger partial charge is 0.265 e. The Morgan fingerprint density at radius 1 is 0.243 bits per heavy atom. The Labute approximate surface area is 415 Å². The Morgan fingerprint density at radius 3 is 1.00 bits per heavy atom. The topological polar surface area (TPSA) is 180 Å². The van der Waals surface area contributed by atoms with E-state index in [-0.39, 0.29) is 0 Å². The lowest BCUT2D eigenvalue weighted by molar-refractivity contribution is 0.980. The van der Waals surface area contributed by atoms with Crippen LogP contribution in [0.1, 0.15) is 56.3 Å². The highest BCUT2D eigenvalue weighted by Crippen LogP contribution is 1.93. The summed E-state index contributed by atoms with van der Waals surface area (Å²) < 4.78 is 0. The summed E-state index contributed by atoms with van der Waals surface area (Å²) in [6.45, 7) is 19.8. The van der Waals surface area contributed by atoms with E-state index in [0.717, 1.165) is 34.0 Å². The van der Waals surface area contributed by atoms with Gasteiger partial charge in [-0.15, -0.1) is 0 Å². The number of aromatic nitrogens is 14. The molecule has 14 heteroatoms. The van der Waals surface area contributed by atoms with Crippen LogP contribution in [0.15, 0.2) is 221 Å². The lowest BCUT2D eigenvalue weighted by atomic mass is 10.2. The molecule has 9 heterocycles. The predicted octanol–water partition coefficient (Wildman–Crippen LogP) is 11.5. The fraction of sp³-hybridized carbons (Fsp3) is 0.179. The molecular formula is C56H66N14. The van der Waals surface area contributed by atoms with Crippen molar-refractivity contribution in [2.24, 2.45) is 0 Å². The Kier molecular flexibility index (Phi) is 35.2. The lowest BCUT2D eigenvalue weighted by Gasteiger charge is -1.82. The summed E-state index contributed by atoms with van der Waals surface area (Å²) in [6, 6.07) is 35.4. The molecule has 0 unspecified atom stereocenters. The Morgan fingerprint density at radius 2 is 0.743 bits per heavy atom. The molecule has 1 aromatic carbocycles. The molecule has 0 saturated heterocycles. The molecule has 0 fully saturated rings. The highest BCUT2D eigenvalue weighted by molar-refractivity contribution is 5.12. The number of hydrogen-bond donors (Lipinski definition) is 0. The van der Waals surface area contributed by atoms with Gasteiger partial charge in [0.05, 0.1) is 17.6 Å². The van der Waals surface area contributed by atoms with Crippen molar-refractivity contribution in [3.63, 3.8) is 0 Å². The SMILES string of the molecule is Cc1ccccc1.Cc1ccccn1.Cc1cccnc1.Cc1cccnn1.Cc1ccncc1.Cc1ccncc1.Cc1ccnnc1.Cc1cnccn1.Cc1cncnc1.Cc1ncccn1. The number of pyridine rings is 4. The van der Waals surface area contributed by atoms with Gasteiger partial charge in [-0.05, 0) is 164 Å². The lowest BCUT2D eigenvalue weighted by Crippen LogP contribution is -1.80. The van der Waals surface area contributed by atoms with Crippen LogP contribution in [0, 0.1) is 69.2 Å². The summed E-state index contributed by atoms with van der Waals surface area (Å²) in [6.07, 6.45) is 31.2. The third-order valence-corrected chi connectivity index (χ3v) is 7.77. The van der Waals surface area contributed by atoms with Crippen LogP contribution < -0.4 is 0 Å². The molecular weight excluding hydrogens is 869 g/mol. The zero-order valence-corrected chi connectivity index (χ0v) is 42.0. The molecule has 14 nitrogen and oxygen atoms in total. The normalized spacial score (nSPS) is 8.71. The summed E-state index contributed by atoms with van der Waals surface area (Å²) in [5.74, 6) is 0.822. The molecule has 70 heavy (non-hydrogen) atoms. The van der Waals surface area contributed by atoms with Gasteiger partial charge in [0.25, 0.3) is 0 Å². The first-order valence-corrected chi connectivity index (χ1v) is 22.1. The van der Waals surface area contributed by atoms with E-state index in [1.54, 1.807) is 105 Å². The molecule has 0 radical (unpaired) electrons. The van der Waals surface area contributed by atoms with E-state index in [0.29, 0.717) is 0 Å². The van der Waals surface area contributed by atoms with Gasteiger partial charge in [0.15, 0.2) is 0 Å². The average Bonchev–Trinajstić information content (AvgIpc) is 3.38. The van der Waals surface area contributed by atoms with Crippen molar-refractivity contribution in [3.8, 4) is 0 Å². The van der Waals surface area contributed by atoms with Gasteiger partial charge in [-0.2, -0.15) is 20.4 Å². The van der Waals surface area contributed by atoms with Crippen molar-refractivity contribution >= 4 is 0 Å². The monoisotopic (exact) mass is 935 g/mol. The van der Waals surface area contributed by atoms with Crippen LogP contribution >= 0.6 is 0 Å². The van der Waals surface area contributed by atoms with Gasteiger partial charge in [0.2, 0.25) is 0 Å². The van der Waals surface area contributed by atoms with Crippen LogP contribution in [0.25, 0.3) is 0 Å². The van der Waals surface area contributed by atoms with Crippen LogP contribution in [0.5, 0.6) is 0 Å². The number of nitrogens with zero attached hydrogens (tertiary/aromatic N) is 14. The maximum absolute atomic E-state index is 3.98. The molecule has 0 aliphatic heterocycles. The van der Waals surface area contributed by atoms with Gasteiger partial charge in [0, 0.05) is 105 Å². The van der Waals surface area contributed by atoms with Crippen LogP contribution in [0.3, 0.4) is 0 Å². The van der Waals surface area contributed by atoms with Gasteiger partial charge in [-0.3, -0.25) is 29.9 Å². The highest BCUT2D eigenvalue weighted by atomic mass is 15.1. The van der Waals surface area contributed by atoms with E-state index in [2.05, 4.69) is 89.3 Å². The molecule has 0 saturated carbocycles. The predicted molar refractivity (Wildman–Crippen MR) is 281 cm³/mol. The van der Waals surface area contributed by atoms with E-state index >= 15 is 0 Å². The van der Waals surface area contributed by atoms with E-state index in [4.69, 9.17) is 0 Å². The second-order valence-electron chi connectivity index (χ2n) is 14.5. The number of benzene rings is 1. The molecule has 10 aromatic rings. The zero-order chi connectivity index (χ0) is 51.1. The molecule has 360 valence electrons. The molecule has 0 atom stereocenters. The number of rotatable bonds is 0. The Hall–Kier alpha value is -8.78. The van der Waals surface area contributed by atoms with Crippen molar-refractivity contribution in [2.45, 2.75) is 69.2 Å². The van der Waals surface area contributed by atoms with Crippen LogP contribution in [0.2, 0.25) is 0 Å². The third-order valence-electron chi connectivity index (χ3n) is 7.77. The molecule has 0 aliphatic carbocycles. The molecule has 0 amide bonds. The molecule has 0 aliphatic rings. The number of aryl methyl sites for hydroxylation is 10. The molecule has 0 N–H and O–H groups in total. The third kappa shape index (κ3) is 39.6. The second-order valence-corrected chi connectivity index (χ2v) is 14.5. The van der Waals surface area contributed by atoms with Crippen LogP contribution in [0.4, 0.5) is 0 Å². The summed E-state index contributed by atoms with van der Waals surface area (Å²) >= 11 is 0. The summed E-state index contributed by atoms with van der Waals surface area (Å²) in [5.41, 5.74) is 10.3. The second kappa shape index (κ2) is 41.6. The van der Waals surface area contributed by atoms with Gasteiger partial charge >= 0.3 is 0 Å². The van der Waals surface area contributed by atoms with Gasteiger partial charge < -0.3 is 0 Å². The molecule has 0 spiro atoms. The maximum Gasteiger partial charge on any atom is 0.125 e. The fourth-order valence-electron chi connectivity index (χ4n) is 4.14. The van der Waals surface area contributed by atoms with Crippen molar-refractivity contribution in [1.29, 1.82) is 0 Å². The maximum atomic E-state index is 3.98. The highest BCUT2D eigenvalue weighted by Gasteiger charge is 1.79. The Balaban J connectivity index is 0.000000389. The quantitative estimate of drug-likeness (QED) is 0.140. The zero-order valence-electron chi connectivity index (χ0n) is 42.0. The van der Waals surface area contributed by atoms with Gasteiger partial charge in [-0.25, -0.2) is 19.9 Å². The van der Waals surface area contributed by atoms with Crippen LogP contribution in [-0.2, 0) is 0 Å². The van der Waals surface area contributed by atoms with Crippen molar-refractivity contribution < 1.29 is 0 Å². The summed E-state index contributed by atoms with van der Waals surface area (Å²) in [5, 5.41) is 14.6. The first kappa shape index (κ1) is 59.2. The van der Waals surface area contributed by atoms with Crippen molar-refractivity contribution in [3.05, 3.63) is 277 Å². The van der Waals surface area contributed by atoms with Gasteiger partial charge in [0.1, 0.15) is 12.2 Å². The first-order valence-electron chi connectivity index (χ1n) is 22.1. The fourth-order valence-corrected chi connectivity index (χ4v) is 4.14. The Bertz CT molecular complexity index is 1970. The van der Waals surface area contributed by atoms with Crippen molar-refractivity contribution in [1.82, 2.24) is 70.2 Å². The number of hydrogen-bond acceptors (Lipinski definition) is 14. The van der Waals surface area contributed by atoms with Crippen molar-refractivity contribution in [2.75, 3.05) is 0 Å². The molecule has 0 bridgehead atoms. The summed E-state index contributed by atoms with van der Waals surface area (Å²) in [4.78, 5) is 38.6. The van der Waals surface area contributed by atoms with Gasteiger partial charge in [-0.1, -0.05) is 48.0 Å². The minimum absolute atomic E-state index is 0.822. The average molecular weight is 935 g/mol. The molecule has 10 rings (SSSR count). The smallest absolute Gasteiger partial charge is 0.125 e. The standard InChI is InChI=1S/C7H8.4C6H7N.5C5H6N2/c1-7-5-3-2-4-6-7;2*1-6-2-4-7-5-3-6;1-6-3-2-4-7-5-6;1-6-4-2-3-5-7-6;1-5-2-6-4-7-3-5;1-5-4-6-2-3-7-5;1-5-2-3-6-7-4-5;1-5-6-3-2-4-7-5;1-5-3-2-4-6-7-5/h2-6H,1H3;4*2-5H,1H3;5*2-4H,1H3. The minimum atomic E-state index is 0.822. The van der Waals surface area contributed by atoms with E-state index in [1.165, 1.54) is 28.6 Å².